The number of carbonyl (C=O) groups is 1. The second-order valence-corrected chi connectivity index (χ2v) is 2.96. The van der Waals surface area contributed by atoms with Crippen LogP contribution in [0.3, 0.4) is 0 Å². The van der Waals surface area contributed by atoms with Crippen molar-refractivity contribution in [1.29, 1.82) is 0 Å². The zero-order valence-electron chi connectivity index (χ0n) is 8.28. The number of aldehydes is 1. The molecule has 7 heteroatoms. The Morgan fingerprint density at radius 1 is 1.50 bits per heavy atom. The van der Waals surface area contributed by atoms with Crippen LogP contribution in [0.1, 0.15) is 22.2 Å². The smallest absolute Gasteiger partial charge is 0.409 e. The van der Waals surface area contributed by atoms with Gasteiger partial charge in [0.25, 0.3) is 0 Å². The molecule has 1 heterocycles. The van der Waals surface area contributed by atoms with Crippen LogP contribution in [0.15, 0.2) is 12.1 Å². The summed E-state index contributed by atoms with van der Waals surface area (Å²) in [5.74, 6) is -0.101. The number of halogens is 3. The van der Waals surface area contributed by atoms with Crippen molar-refractivity contribution in [3.63, 3.8) is 0 Å². The molecule has 0 unspecified atom stereocenters. The summed E-state index contributed by atoms with van der Waals surface area (Å²) in [5.41, 5.74) is 4.36. The molecule has 4 nitrogen and oxygen atoms in total. The summed E-state index contributed by atoms with van der Waals surface area (Å²) in [6.07, 6.45) is -4.30. The van der Waals surface area contributed by atoms with E-state index in [2.05, 4.69) is 4.98 Å². The first-order chi connectivity index (χ1) is 7.40. The van der Waals surface area contributed by atoms with Crippen LogP contribution in [0.25, 0.3) is 0 Å². The number of carbonyl (C=O) groups excluding carboxylic acids is 1. The highest BCUT2D eigenvalue weighted by molar-refractivity contribution is 5.72. The number of pyridine rings is 1. The van der Waals surface area contributed by atoms with Crippen molar-refractivity contribution >= 4 is 6.29 Å². The number of rotatable bonds is 3. The summed E-state index contributed by atoms with van der Waals surface area (Å²) in [6, 6.07) is 0.193. The Morgan fingerprint density at radius 3 is 2.56 bits per heavy atom. The lowest BCUT2D eigenvalue weighted by molar-refractivity contribution is -0.150. The lowest BCUT2D eigenvalue weighted by Crippen LogP contribution is -2.30. The molecule has 16 heavy (non-hydrogen) atoms. The van der Waals surface area contributed by atoms with Gasteiger partial charge in [-0.25, -0.2) is 4.98 Å². The van der Waals surface area contributed by atoms with Crippen LogP contribution in [-0.2, 0) is 0 Å². The Labute approximate surface area is 89.2 Å². The fraction of sp³-hybridized carbons (Fsp3) is 0.333. The molecule has 0 bridgehead atoms. The van der Waals surface area contributed by atoms with Gasteiger partial charge in [0.1, 0.15) is 23.2 Å². The van der Waals surface area contributed by atoms with Crippen molar-refractivity contribution in [3.8, 4) is 5.75 Å². The normalized spacial score (nSPS) is 13.3. The van der Waals surface area contributed by atoms with E-state index in [0.717, 1.165) is 0 Å². The van der Waals surface area contributed by atoms with Gasteiger partial charge in [-0.3, -0.25) is 4.79 Å². The minimum Gasteiger partial charge on any atom is -0.495 e. The summed E-state index contributed by atoms with van der Waals surface area (Å²) in [6.45, 7) is 0. The first-order valence-corrected chi connectivity index (χ1v) is 4.22. The molecule has 1 rings (SSSR count). The SMILES string of the molecule is COc1ccc(C=O)nc1[C@H](N)C(F)(F)F. The van der Waals surface area contributed by atoms with Gasteiger partial charge in [-0.1, -0.05) is 0 Å². The van der Waals surface area contributed by atoms with Crippen molar-refractivity contribution in [2.24, 2.45) is 5.73 Å². The molecule has 0 saturated carbocycles. The number of aromatic nitrogens is 1. The fourth-order valence-electron chi connectivity index (χ4n) is 1.09. The molecule has 0 aliphatic carbocycles. The highest BCUT2D eigenvalue weighted by Crippen LogP contribution is 2.33. The predicted octanol–water partition coefficient (Wildman–Crippen LogP) is 1.46. The van der Waals surface area contributed by atoms with E-state index >= 15 is 0 Å². The molecule has 0 aromatic carbocycles. The van der Waals surface area contributed by atoms with Gasteiger partial charge < -0.3 is 10.5 Å². The maximum atomic E-state index is 12.4. The van der Waals surface area contributed by atoms with Crippen molar-refractivity contribution in [2.75, 3.05) is 7.11 Å². The lowest BCUT2D eigenvalue weighted by Gasteiger charge is -2.17. The Bertz CT molecular complexity index is 393. The third-order valence-corrected chi connectivity index (χ3v) is 1.90. The molecule has 0 spiro atoms. The second-order valence-electron chi connectivity index (χ2n) is 2.96. The molecule has 88 valence electrons. The van der Waals surface area contributed by atoms with Gasteiger partial charge >= 0.3 is 6.18 Å². The number of alkyl halides is 3. The lowest BCUT2D eigenvalue weighted by atomic mass is 10.1. The Kier molecular flexibility index (Phi) is 3.48. The molecule has 2 N–H and O–H groups in total. The quantitative estimate of drug-likeness (QED) is 0.804. The standard InChI is InChI=1S/C9H9F3N2O2/c1-16-6-3-2-5(4-15)14-7(6)8(13)9(10,11)12/h2-4,8H,13H2,1H3/t8-/m0/s1. The van der Waals surface area contributed by atoms with Gasteiger partial charge in [-0.2, -0.15) is 13.2 Å². The van der Waals surface area contributed by atoms with E-state index in [-0.39, 0.29) is 11.4 Å². The molecular formula is C9H9F3N2O2. The zero-order chi connectivity index (χ0) is 12.3. The average molecular weight is 234 g/mol. The van der Waals surface area contributed by atoms with Crippen molar-refractivity contribution in [1.82, 2.24) is 4.98 Å². The molecular weight excluding hydrogens is 225 g/mol. The van der Waals surface area contributed by atoms with E-state index in [1.54, 1.807) is 0 Å². The maximum absolute atomic E-state index is 12.4. The van der Waals surface area contributed by atoms with E-state index in [9.17, 15) is 18.0 Å². The highest BCUT2D eigenvalue weighted by atomic mass is 19.4. The van der Waals surface area contributed by atoms with Crippen molar-refractivity contribution < 1.29 is 22.7 Å². The first-order valence-electron chi connectivity index (χ1n) is 4.22. The third-order valence-electron chi connectivity index (χ3n) is 1.90. The predicted molar refractivity (Wildman–Crippen MR) is 49.2 cm³/mol. The number of methoxy groups -OCH3 is 1. The highest BCUT2D eigenvalue weighted by Gasteiger charge is 2.40. The van der Waals surface area contributed by atoms with Crippen LogP contribution in [0, 0.1) is 0 Å². The molecule has 1 aromatic rings. The van der Waals surface area contributed by atoms with E-state index in [1.807, 2.05) is 0 Å². The molecule has 0 radical (unpaired) electrons. The molecule has 0 saturated heterocycles. The van der Waals surface area contributed by atoms with Crippen LogP contribution >= 0.6 is 0 Å². The Morgan fingerprint density at radius 2 is 2.12 bits per heavy atom. The van der Waals surface area contributed by atoms with Gasteiger partial charge in [0.15, 0.2) is 6.29 Å². The van der Waals surface area contributed by atoms with E-state index in [1.165, 1.54) is 19.2 Å². The number of nitrogens with zero attached hydrogens (tertiary/aromatic N) is 1. The Balaban J connectivity index is 3.23. The van der Waals surface area contributed by atoms with E-state index in [4.69, 9.17) is 10.5 Å². The molecule has 0 aliphatic rings. The number of ether oxygens (including phenoxy) is 1. The minimum absolute atomic E-state index is 0.101. The van der Waals surface area contributed by atoms with Gasteiger partial charge in [-0.15, -0.1) is 0 Å². The molecule has 1 atom stereocenters. The Hall–Kier alpha value is -1.63. The molecule has 0 aliphatic heterocycles. The van der Waals surface area contributed by atoms with E-state index in [0.29, 0.717) is 6.29 Å². The molecule has 0 fully saturated rings. The van der Waals surface area contributed by atoms with Crippen LogP contribution < -0.4 is 10.5 Å². The van der Waals surface area contributed by atoms with Crippen molar-refractivity contribution in [3.05, 3.63) is 23.5 Å². The van der Waals surface area contributed by atoms with Crippen LogP contribution in [0.5, 0.6) is 5.75 Å². The molecule has 0 amide bonds. The fourth-order valence-corrected chi connectivity index (χ4v) is 1.09. The van der Waals surface area contributed by atoms with Gasteiger partial charge in [0.05, 0.1) is 7.11 Å². The van der Waals surface area contributed by atoms with E-state index < -0.39 is 17.9 Å². The van der Waals surface area contributed by atoms with Crippen LogP contribution in [0.4, 0.5) is 13.2 Å². The van der Waals surface area contributed by atoms with Crippen molar-refractivity contribution in [2.45, 2.75) is 12.2 Å². The van der Waals surface area contributed by atoms with Gasteiger partial charge in [-0.05, 0) is 12.1 Å². The summed E-state index contributed by atoms with van der Waals surface area (Å²) in [4.78, 5) is 13.9. The average Bonchev–Trinajstić information content (AvgIpc) is 2.25. The summed E-state index contributed by atoms with van der Waals surface area (Å²) < 4.78 is 41.8. The first kappa shape index (κ1) is 12.4. The number of hydrogen-bond donors (Lipinski definition) is 1. The van der Waals surface area contributed by atoms with Crippen LogP contribution in [-0.4, -0.2) is 24.6 Å². The third kappa shape index (κ3) is 2.48. The zero-order valence-corrected chi connectivity index (χ0v) is 8.28. The topological polar surface area (TPSA) is 65.2 Å². The number of nitrogens with two attached hydrogens (primary N) is 1. The summed E-state index contributed by atoms with van der Waals surface area (Å²) in [7, 11) is 1.20. The maximum Gasteiger partial charge on any atom is 0.409 e. The minimum atomic E-state index is -4.64. The number of hydrogen-bond acceptors (Lipinski definition) is 4. The van der Waals surface area contributed by atoms with Gasteiger partial charge in [0.2, 0.25) is 0 Å². The summed E-state index contributed by atoms with van der Waals surface area (Å²) in [5, 5.41) is 0. The molecule has 1 aromatic heterocycles. The van der Waals surface area contributed by atoms with Crippen LogP contribution in [0.2, 0.25) is 0 Å². The summed E-state index contributed by atoms with van der Waals surface area (Å²) >= 11 is 0. The largest absolute Gasteiger partial charge is 0.495 e. The monoisotopic (exact) mass is 234 g/mol. The van der Waals surface area contributed by atoms with Gasteiger partial charge in [0, 0.05) is 0 Å². The second kappa shape index (κ2) is 4.48.